The molecule has 17 heavy (non-hydrogen) atoms. The second-order valence-electron chi connectivity index (χ2n) is 3.67. The molecule has 0 atom stereocenters. The van der Waals surface area contributed by atoms with Crippen LogP contribution >= 0.6 is 0 Å². The summed E-state index contributed by atoms with van der Waals surface area (Å²) in [7, 11) is 1.53. The summed E-state index contributed by atoms with van der Waals surface area (Å²) in [5.74, 6) is 0.305. The van der Waals surface area contributed by atoms with Gasteiger partial charge in [-0.15, -0.1) is 0 Å². The van der Waals surface area contributed by atoms with E-state index in [1.807, 2.05) is 6.92 Å². The van der Waals surface area contributed by atoms with Gasteiger partial charge in [0.1, 0.15) is 11.6 Å². The fourth-order valence-corrected chi connectivity index (χ4v) is 1.46. The molecule has 0 aromatic heterocycles. The number of hydrogen-bond acceptors (Lipinski definition) is 3. The molecule has 3 nitrogen and oxygen atoms in total. The number of nitrogens with one attached hydrogen (secondary N) is 1. The van der Waals surface area contributed by atoms with Crippen LogP contribution in [0.15, 0.2) is 18.2 Å². The number of halogens is 1. The Labute approximate surface area is 102 Å². The number of ether oxygens (including phenoxy) is 2. The summed E-state index contributed by atoms with van der Waals surface area (Å²) in [5, 5.41) is 3.16. The highest BCUT2D eigenvalue weighted by Gasteiger charge is 2.03. The Hall–Kier alpha value is -1.13. The first-order valence-corrected chi connectivity index (χ1v) is 5.88. The third-order valence-corrected chi connectivity index (χ3v) is 2.45. The molecular weight excluding hydrogens is 221 g/mol. The minimum absolute atomic E-state index is 0.236. The Balaban J connectivity index is 2.27. The summed E-state index contributed by atoms with van der Waals surface area (Å²) in [6.45, 7) is 5.02. The Morgan fingerprint density at radius 2 is 2.12 bits per heavy atom. The molecule has 0 radical (unpaired) electrons. The first kappa shape index (κ1) is 13.9. The van der Waals surface area contributed by atoms with Crippen molar-refractivity contribution >= 4 is 0 Å². The van der Waals surface area contributed by atoms with Gasteiger partial charge in [-0.25, -0.2) is 4.39 Å². The van der Waals surface area contributed by atoms with Crippen molar-refractivity contribution in [3.8, 4) is 5.75 Å². The fraction of sp³-hybridized carbons (Fsp3) is 0.538. The maximum atomic E-state index is 13.5. The number of likely N-dealkylation sites (N-methyl/N-ethyl adjacent to an activating group) is 1. The Morgan fingerprint density at radius 1 is 1.29 bits per heavy atom. The second kappa shape index (κ2) is 8.03. The summed E-state index contributed by atoms with van der Waals surface area (Å²) in [5.41, 5.74) is 0.661. The average molecular weight is 241 g/mol. The van der Waals surface area contributed by atoms with Crippen LogP contribution in [0.25, 0.3) is 0 Å². The van der Waals surface area contributed by atoms with Crippen molar-refractivity contribution in [2.24, 2.45) is 0 Å². The van der Waals surface area contributed by atoms with Crippen LogP contribution in [0.5, 0.6) is 5.75 Å². The fourth-order valence-electron chi connectivity index (χ4n) is 1.46. The molecule has 4 heteroatoms. The predicted molar refractivity (Wildman–Crippen MR) is 66.0 cm³/mol. The number of rotatable bonds is 8. The van der Waals surface area contributed by atoms with E-state index < -0.39 is 0 Å². The summed E-state index contributed by atoms with van der Waals surface area (Å²) in [4.78, 5) is 0. The maximum absolute atomic E-state index is 13.5. The van der Waals surface area contributed by atoms with Gasteiger partial charge in [-0.2, -0.15) is 0 Å². The van der Waals surface area contributed by atoms with E-state index in [0.29, 0.717) is 30.9 Å². The molecule has 0 saturated heterocycles. The number of hydrogen-bond donors (Lipinski definition) is 1. The third-order valence-electron chi connectivity index (χ3n) is 2.45. The van der Waals surface area contributed by atoms with E-state index in [9.17, 15) is 4.39 Å². The zero-order chi connectivity index (χ0) is 12.5. The van der Waals surface area contributed by atoms with Crippen LogP contribution in [-0.4, -0.2) is 33.4 Å². The van der Waals surface area contributed by atoms with Gasteiger partial charge in [-0.3, -0.25) is 0 Å². The minimum atomic E-state index is -0.236. The molecule has 0 aliphatic heterocycles. The highest BCUT2D eigenvalue weighted by Crippen LogP contribution is 2.16. The molecule has 0 aliphatic rings. The Bertz CT molecular complexity index is 331. The normalized spacial score (nSPS) is 10.5. The smallest absolute Gasteiger partial charge is 0.130 e. The quantitative estimate of drug-likeness (QED) is 0.706. The summed E-state index contributed by atoms with van der Waals surface area (Å²) < 4.78 is 23.9. The molecule has 96 valence electrons. The lowest BCUT2D eigenvalue weighted by Gasteiger charge is -2.07. The van der Waals surface area contributed by atoms with Gasteiger partial charge in [0.15, 0.2) is 0 Å². The zero-order valence-corrected chi connectivity index (χ0v) is 10.5. The SMILES string of the molecule is CCNCCOCCc1ccc(OC)cc1F. The first-order valence-electron chi connectivity index (χ1n) is 5.88. The van der Waals surface area contributed by atoms with Crippen LogP contribution < -0.4 is 10.1 Å². The van der Waals surface area contributed by atoms with Crippen LogP contribution in [-0.2, 0) is 11.2 Å². The molecule has 1 aromatic carbocycles. The van der Waals surface area contributed by atoms with E-state index in [1.165, 1.54) is 13.2 Å². The van der Waals surface area contributed by atoms with Crippen molar-refractivity contribution in [2.75, 3.05) is 33.4 Å². The molecule has 0 amide bonds. The molecule has 1 aromatic rings. The monoisotopic (exact) mass is 241 g/mol. The first-order chi connectivity index (χ1) is 8.27. The molecule has 0 saturated carbocycles. The van der Waals surface area contributed by atoms with Gasteiger partial charge in [0, 0.05) is 12.6 Å². The summed E-state index contributed by atoms with van der Waals surface area (Å²) in [6, 6.07) is 4.90. The van der Waals surface area contributed by atoms with E-state index in [1.54, 1.807) is 12.1 Å². The van der Waals surface area contributed by atoms with Gasteiger partial charge in [0.2, 0.25) is 0 Å². The van der Waals surface area contributed by atoms with E-state index in [2.05, 4.69) is 5.32 Å². The van der Waals surface area contributed by atoms with Gasteiger partial charge < -0.3 is 14.8 Å². The summed E-state index contributed by atoms with van der Waals surface area (Å²) in [6.07, 6.45) is 0.585. The summed E-state index contributed by atoms with van der Waals surface area (Å²) >= 11 is 0. The zero-order valence-electron chi connectivity index (χ0n) is 10.5. The topological polar surface area (TPSA) is 30.5 Å². The van der Waals surface area contributed by atoms with Crippen LogP contribution in [0.1, 0.15) is 12.5 Å². The van der Waals surface area contributed by atoms with Crippen molar-refractivity contribution in [1.82, 2.24) is 5.32 Å². The third kappa shape index (κ3) is 5.15. The van der Waals surface area contributed by atoms with Gasteiger partial charge >= 0.3 is 0 Å². The van der Waals surface area contributed by atoms with Gasteiger partial charge in [0.05, 0.1) is 20.3 Å². The Kier molecular flexibility index (Phi) is 6.58. The van der Waals surface area contributed by atoms with Gasteiger partial charge in [-0.1, -0.05) is 13.0 Å². The van der Waals surface area contributed by atoms with Crippen LogP contribution in [0.2, 0.25) is 0 Å². The molecule has 1 rings (SSSR count). The van der Waals surface area contributed by atoms with E-state index >= 15 is 0 Å². The lowest BCUT2D eigenvalue weighted by Crippen LogP contribution is -2.19. The molecule has 0 unspecified atom stereocenters. The minimum Gasteiger partial charge on any atom is -0.497 e. The van der Waals surface area contributed by atoms with Crippen LogP contribution in [0, 0.1) is 5.82 Å². The maximum Gasteiger partial charge on any atom is 0.130 e. The van der Waals surface area contributed by atoms with Crippen molar-refractivity contribution in [1.29, 1.82) is 0 Å². The molecule has 1 N–H and O–H groups in total. The van der Waals surface area contributed by atoms with Gasteiger partial charge in [-0.05, 0) is 24.6 Å². The molecule has 0 aliphatic carbocycles. The average Bonchev–Trinajstić information content (AvgIpc) is 2.35. The number of methoxy groups -OCH3 is 1. The standard InChI is InChI=1S/C13H20FNO2/c1-3-15-7-9-17-8-6-11-4-5-12(16-2)10-13(11)14/h4-5,10,15H,3,6-9H2,1-2H3. The molecule has 0 bridgehead atoms. The van der Waals surface area contributed by atoms with E-state index in [0.717, 1.165) is 13.1 Å². The molecular formula is C13H20FNO2. The highest BCUT2D eigenvalue weighted by molar-refractivity contribution is 5.28. The van der Waals surface area contributed by atoms with Crippen molar-refractivity contribution in [2.45, 2.75) is 13.3 Å². The number of benzene rings is 1. The lowest BCUT2D eigenvalue weighted by atomic mass is 10.1. The second-order valence-corrected chi connectivity index (χ2v) is 3.67. The van der Waals surface area contributed by atoms with Crippen molar-refractivity contribution in [3.63, 3.8) is 0 Å². The largest absolute Gasteiger partial charge is 0.497 e. The van der Waals surface area contributed by atoms with Crippen molar-refractivity contribution in [3.05, 3.63) is 29.6 Å². The Morgan fingerprint density at radius 3 is 2.76 bits per heavy atom. The highest BCUT2D eigenvalue weighted by atomic mass is 19.1. The predicted octanol–water partition coefficient (Wildman–Crippen LogP) is 2.00. The van der Waals surface area contributed by atoms with E-state index in [4.69, 9.17) is 9.47 Å². The van der Waals surface area contributed by atoms with Crippen molar-refractivity contribution < 1.29 is 13.9 Å². The van der Waals surface area contributed by atoms with Gasteiger partial charge in [0.25, 0.3) is 0 Å². The van der Waals surface area contributed by atoms with Crippen LogP contribution in [0.4, 0.5) is 4.39 Å². The molecule has 0 spiro atoms. The van der Waals surface area contributed by atoms with E-state index in [-0.39, 0.29) is 5.82 Å². The lowest BCUT2D eigenvalue weighted by molar-refractivity contribution is 0.139. The molecule has 0 heterocycles. The van der Waals surface area contributed by atoms with Crippen LogP contribution in [0.3, 0.4) is 0 Å². The molecule has 0 fully saturated rings.